The second-order valence-electron chi connectivity index (χ2n) is 6.75. The highest BCUT2D eigenvalue weighted by atomic mass is 19.3. The first-order chi connectivity index (χ1) is 14.8. The summed E-state index contributed by atoms with van der Waals surface area (Å²) in [6.45, 7) is 5.00. The summed E-state index contributed by atoms with van der Waals surface area (Å²) < 4.78 is 37.6. The van der Waals surface area contributed by atoms with Crippen LogP contribution in [0.15, 0.2) is 91.4 Å². The van der Waals surface area contributed by atoms with Gasteiger partial charge in [0.25, 0.3) is 6.43 Å². The van der Waals surface area contributed by atoms with Gasteiger partial charge in [0.1, 0.15) is 24.0 Å². The largest absolute Gasteiger partial charge is 0.508 e. The van der Waals surface area contributed by atoms with Crippen molar-refractivity contribution in [2.24, 2.45) is 0 Å². The third-order valence-electron chi connectivity index (χ3n) is 4.44. The average molecular weight is 422 g/mol. The van der Waals surface area contributed by atoms with Gasteiger partial charge in [-0.25, -0.2) is 13.6 Å². The minimum atomic E-state index is -2.65. The van der Waals surface area contributed by atoms with Crippen LogP contribution in [0.25, 0.3) is 22.3 Å². The van der Waals surface area contributed by atoms with Crippen LogP contribution in [-0.4, -0.2) is 11.1 Å². The molecule has 0 saturated heterocycles. The molecule has 0 aliphatic heterocycles. The third-order valence-corrected chi connectivity index (χ3v) is 4.44. The minimum absolute atomic E-state index is 0.0742. The van der Waals surface area contributed by atoms with Crippen LogP contribution in [0.3, 0.4) is 0 Å². The number of carbonyl (C=O) groups is 1. The standard InChI is InChI=1S/C25H20F2O4/c1-16(2)25(29)31-14-13-30-21-10-5-17(6-11-21)19-7-12-22(23(15-19)24(26)27)18-3-8-20(28)9-4-18/h3-15,24,28H,1H2,2H3/b14-13-. The molecule has 4 nitrogen and oxygen atoms in total. The van der Waals surface area contributed by atoms with Gasteiger partial charge in [0.05, 0.1) is 0 Å². The number of benzene rings is 3. The number of esters is 1. The average Bonchev–Trinajstić information content (AvgIpc) is 2.77. The van der Waals surface area contributed by atoms with E-state index in [4.69, 9.17) is 9.47 Å². The first-order valence-corrected chi connectivity index (χ1v) is 9.35. The van der Waals surface area contributed by atoms with Crippen molar-refractivity contribution in [3.63, 3.8) is 0 Å². The Morgan fingerprint density at radius 2 is 1.55 bits per heavy atom. The highest BCUT2D eigenvalue weighted by molar-refractivity contribution is 5.87. The number of alkyl halides is 2. The molecule has 31 heavy (non-hydrogen) atoms. The number of ether oxygens (including phenoxy) is 2. The summed E-state index contributed by atoms with van der Waals surface area (Å²) in [4.78, 5) is 11.3. The quantitative estimate of drug-likeness (QED) is 0.264. The molecule has 0 amide bonds. The molecular weight excluding hydrogens is 402 g/mol. The van der Waals surface area contributed by atoms with Gasteiger partial charge >= 0.3 is 5.97 Å². The molecule has 0 aromatic heterocycles. The molecule has 3 rings (SSSR count). The van der Waals surface area contributed by atoms with Crippen LogP contribution in [0.2, 0.25) is 0 Å². The van der Waals surface area contributed by atoms with E-state index in [2.05, 4.69) is 6.58 Å². The maximum absolute atomic E-state index is 13.7. The van der Waals surface area contributed by atoms with Crippen molar-refractivity contribution in [1.82, 2.24) is 0 Å². The van der Waals surface area contributed by atoms with E-state index in [1.165, 1.54) is 31.4 Å². The monoisotopic (exact) mass is 422 g/mol. The Balaban J connectivity index is 1.77. The predicted molar refractivity (Wildman–Crippen MR) is 115 cm³/mol. The Hall–Kier alpha value is -3.93. The van der Waals surface area contributed by atoms with Gasteiger partial charge in [0, 0.05) is 11.1 Å². The second kappa shape index (κ2) is 9.71. The maximum atomic E-state index is 13.7. The maximum Gasteiger partial charge on any atom is 0.338 e. The van der Waals surface area contributed by atoms with E-state index in [0.717, 1.165) is 11.8 Å². The van der Waals surface area contributed by atoms with Crippen LogP contribution < -0.4 is 4.74 Å². The van der Waals surface area contributed by atoms with Crippen LogP contribution in [0, 0.1) is 0 Å². The molecule has 6 heteroatoms. The first-order valence-electron chi connectivity index (χ1n) is 9.35. The van der Waals surface area contributed by atoms with Crippen LogP contribution >= 0.6 is 0 Å². The van der Waals surface area contributed by atoms with Crippen LogP contribution in [-0.2, 0) is 9.53 Å². The predicted octanol–water partition coefficient (Wildman–Crippen LogP) is 6.63. The zero-order chi connectivity index (χ0) is 22.4. The summed E-state index contributed by atoms with van der Waals surface area (Å²) in [5.74, 6) is 0.00653. The van der Waals surface area contributed by atoms with Gasteiger partial charge in [-0.3, -0.25) is 0 Å². The van der Waals surface area contributed by atoms with Crippen molar-refractivity contribution >= 4 is 5.97 Å². The molecule has 3 aromatic carbocycles. The van der Waals surface area contributed by atoms with Crippen molar-refractivity contribution in [3.05, 3.63) is 97.0 Å². The molecule has 0 atom stereocenters. The number of halogens is 2. The zero-order valence-electron chi connectivity index (χ0n) is 16.7. The number of phenolic OH excluding ortho intramolecular Hbond substituents is 1. The summed E-state index contributed by atoms with van der Waals surface area (Å²) in [7, 11) is 0. The highest BCUT2D eigenvalue weighted by Gasteiger charge is 2.16. The molecule has 0 unspecified atom stereocenters. The number of aromatic hydroxyl groups is 1. The number of hydrogen-bond donors (Lipinski definition) is 1. The Morgan fingerprint density at radius 3 is 2.16 bits per heavy atom. The van der Waals surface area contributed by atoms with Gasteiger partial charge in [-0.15, -0.1) is 0 Å². The van der Waals surface area contributed by atoms with Gasteiger partial charge in [-0.1, -0.05) is 43.0 Å². The molecule has 0 aliphatic carbocycles. The van der Waals surface area contributed by atoms with E-state index < -0.39 is 12.4 Å². The lowest BCUT2D eigenvalue weighted by atomic mass is 9.95. The molecule has 0 aliphatic rings. The van der Waals surface area contributed by atoms with Gasteiger partial charge in [0.15, 0.2) is 0 Å². The first kappa shape index (κ1) is 21.8. The lowest BCUT2D eigenvalue weighted by Gasteiger charge is -2.12. The third kappa shape index (κ3) is 5.57. The fourth-order valence-corrected chi connectivity index (χ4v) is 2.85. The lowest BCUT2D eigenvalue weighted by molar-refractivity contribution is -0.133. The molecule has 1 N–H and O–H groups in total. The van der Waals surface area contributed by atoms with Crippen molar-refractivity contribution in [2.45, 2.75) is 13.3 Å². The molecule has 0 spiro atoms. The van der Waals surface area contributed by atoms with Crippen molar-refractivity contribution in [3.8, 4) is 33.8 Å². The number of carbonyl (C=O) groups excluding carboxylic acids is 1. The second-order valence-corrected chi connectivity index (χ2v) is 6.75. The normalized spacial score (nSPS) is 11.0. The van der Waals surface area contributed by atoms with E-state index in [9.17, 15) is 18.7 Å². The van der Waals surface area contributed by atoms with Crippen LogP contribution in [0.1, 0.15) is 18.9 Å². The fraction of sp³-hybridized carbons (Fsp3) is 0.0800. The van der Waals surface area contributed by atoms with Crippen LogP contribution in [0.5, 0.6) is 11.5 Å². The zero-order valence-corrected chi connectivity index (χ0v) is 16.7. The lowest BCUT2D eigenvalue weighted by Crippen LogP contribution is -1.99. The molecule has 0 bridgehead atoms. The summed E-state index contributed by atoms with van der Waals surface area (Å²) in [5.41, 5.74) is 2.56. The number of rotatable bonds is 7. The fourth-order valence-electron chi connectivity index (χ4n) is 2.85. The van der Waals surface area contributed by atoms with Crippen molar-refractivity contribution < 1.29 is 28.2 Å². The van der Waals surface area contributed by atoms with Gasteiger partial charge in [0.2, 0.25) is 0 Å². The molecular formula is C25H20F2O4. The van der Waals surface area contributed by atoms with E-state index in [0.29, 0.717) is 22.4 Å². The number of hydrogen-bond acceptors (Lipinski definition) is 4. The Bertz CT molecular complexity index is 1100. The Labute approximate surface area is 178 Å². The molecule has 0 saturated carbocycles. The summed E-state index contributed by atoms with van der Waals surface area (Å²) in [6.07, 6.45) is -0.322. The Kier molecular flexibility index (Phi) is 6.82. The van der Waals surface area contributed by atoms with Gasteiger partial charge in [-0.05, 0) is 59.5 Å². The molecule has 0 heterocycles. The molecule has 158 valence electrons. The summed E-state index contributed by atoms with van der Waals surface area (Å²) in [5, 5.41) is 9.42. The Morgan fingerprint density at radius 1 is 0.935 bits per heavy atom. The highest BCUT2D eigenvalue weighted by Crippen LogP contribution is 2.35. The van der Waals surface area contributed by atoms with E-state index in [1.807, 2.05) is 0 Å². The smallest absolute Gasteiger partial charge is 0.338 e. The minimum Gasteiger partial charge on any atom is -0.508 e. The topological polar surface area (TPSA) is 55.8 Å². The van der Waals surface area contributed by atoms with E-state index in [-0.39, 0.29) is 16.9 Å². The van der Waals surface area contributed by atoms with Gasteiger partial charge < -0.3 is 14.6 Å². The van der Waals surface area contributed by atoms with Crippen LogP contribution in [0.4, 0.5) is 8.78 Å². The van der Waals surface area contributed by atoms with Gasteiger partial charge in [-0.2, -0.15) is 0 Å². The SMILES string of the molecule is C=C(C)C(=O)O/C=C\Oc1ccc(-c2ccc(-c3ccc(O)cc3)c(C(F)F)c2)cc1. The molecule has 3 aromatic rings. The molecule has 0 fully saturated rings. The molecule has 0 radical (unpaired) electrons. The summed E-state index contributed by atoms with van der Waals surface area (Å²) >= 11 is 0. The number of phenols is 1. The summed E-state index contributed by atoms with van der Waals surface area (Å²) in [6, 6.07) is 17.8. The van der Waals surface area contributed by atoms with E-state index >= 15 is 0 Å². The van der Waals surface area contributed by atoms with Crippen molar-refractivity contribution in [1.29, 1.82) is 0 Å². The van der Waals surface area contributed by atoms with E-state index in [1.54, 1.807) is 48.5 Å². The van der Waals surface area contributed by atoms with Crippen molar-refractivity contribution in [2.75, 3.05) is 0 Å².